The lowest BCUT2D eigenvalue weighted by molar-refractivity contribution is -0.136. The molecule has 0 spiro atoms. The second kappa shape index (κ2) is 9.00. The van der Waals surface area contributed by atoms with Crippen LogP contribution in [0, 0.1) is 0 Å². The molecule has 7 nitrogen and oxygen atoms in total. The van der Waals surface area contributed by atoms with Gasteiger partial charge in [-0.1, -0.05) is 38.1 Å². The van der Waals surface area contributed by atoms with Gasteiger partial charge in [-0.2, -0.15) is 5.10 Å². The van der Waals surface area contributed by atoms with Gasteiger partial charge in [0.25, 0.3) is 0 Å². The molecule has 0 radical (unpaired) electrons. The standard InChI is InChI=1S/C21H23N3O4S/c1-12(2)14-9-7-13(8-10-14)11-22-24-19(26)18(25)23-20-17(21(27)28-3)15-5-4-6-16(15)29-20/h7-12H,4-6H2,1-3H3,(H,23,25)(H,24,26)/b22-11+. The van der Waals surface area contributed by atoms with Gasteiger partial charge in [0.1, 0.15) is 5.00 Å². The van der Waals surface area contributed by atoms with Crippen molar-refractivity contribution in [1.82, 2.24) is 5.43 Å². The van der Waals surface area contributed by atoms with E-state index in [2.05, 4.69) is 29.7 Å². The lowest BCUT2D eigenvalue weighted by Gasteiger charge is -2.06. The molecular formula is C21H23N3O4S. The number of hydrazone groups is 1. The maximum absolute atomic E-state index is 12.2. The van der Waals surface area contributed by atoms with Crippen LogP contribution in [0.2, 0.25) is 0 Å². The van der Waals surface area contributed by atoms with Crippen LogP contribution in [0.3, 0.4) is 0 Å². The summed E-state index contributed by atoms with van der Waals surface area (Å²) in [6, 6.07) is 7.76. The Morgan fingerprint density at radius 1 is 1.14 bits per heavy atom. The molecule has 0 bridgehead atoms. The number of thiophene rings is 1. The summed E-state index contributed by atoms with van der Waals surface area (Å²) in [5.41, 5.74) is 5.46. The second-order valence-corrected chi connectivity index (χ2v) is 8.13. The normalized spacial score (nSPS) is 12.8. The number of fused-ring (bicyclic) bond motifs is 1. The van der Waals surface area contributed by atoms with E-state index in [4.69, 9.17) is 4.74 Å². The zero-order valence-electron chi connectivity index (χ0n) is 16.6. The number of anilines is 1. The number of ether oxygens (including phenoxy) is 1. The molecule has 2 aromatic rings. The number of esters is 1. The molecule has 1 aliphatic rings. The predicted molar refractivity (Wildman–Crippen MR) is 113 cm³/mol. The minimum Gasteiger partial charge on any atom is -0.465 e. The smallest absolute Gasteiger partial charge is 0.341 e. The van der Waals surface area contributed by atoms with E-state index < -0.39 is 17.8 Å². The van der Waals surface area contributed by atoms with Crippen molar-refractivity contribution in [2.45, 2.75) is 39.0 Å². The molecule has 0 fully saturated rings. The molecule has 0 saturated carbocycles. The summed E-state index contributed by atoms with van der Waals surface area (Å²) in [5.74, 6) is -1.88. The van der Waals surface area contributed by atoms with Crippen LogP contribution in [0.4, 0.5) is 5.00 Å². The third-order valence-corrected chi connectivity index (χ3v) is 5.93. The van der Waals surface area contributed by atoms with Crippen molar-refractivity contribution in [2.24, 2.45) is 5.10 Å². The molecule has 0 unspecified atom stereocenters. The number of hydrogen-bond donors (Lipinski definition) is 2. The van der Waals surface area contributed by atoms with Gasteiger partial charge in [-0.05, 0) is 41.9 Å². The number of rotatable bonds is 5. The van der Waals surface area contributed by atoms with E-state index in [9.17, 15) is 14.4 Å². The molecule has 0 aliphatic heterocycles. The molecule has 2 N–H and O–H groups in total. The Morgan fingerprint density at radius 2 is 1.86 bits per heavy atom. The van der Waals surface area contributed by atoms with Gasteiger partial charge in [-0.15, -0.1) is 11.3 Å². The van der Waals surface area contributed by atoms with Crippen molar-refractivity contribution in [3.05, 3.63) is 51.4 Å². The average Bonchev–Trinajstić information content (AvgIpc) is 3.28. The molecule has 1 aromatic heterocycles. The van der Waals surface area contributed by atoms with Crippen molar-refractivity contribution in [3.8, 4) is 0 Å². The first-order valence-electron chi connectivity index (χ1n) is 9.38. The molecule has 152 valence electrons. The van der Waals surface area contributed by atoms with E-state index in [1.165, 1.54) is 30.2 Å². The Kier molecular flexibility index (Phi) is 6.43. The van der Waals surface area contributed by atoms with Crippen molar-refractivity contribution in [3.63, 3.8) is 0 Å². The summed E-state index contributed by atoms with van der Waals surface area (Å²) < 4.78 is 4.83. The highest BCUT2D eigenvalue weighted by Crippen LogP contribution is 2.39. The molecule has 1 aromatic carbocycles. The lowest BCUT2D eigenvalue weighted by Crippen LogP contribution is -2.32. The van der Waals surface area contributed by atoms with Crippen molar-refractivity contribution in [1.29, 1.82) is 0 Å². The van der Waals surface area contributed by atoms with E-state index in [1.54, 1.807) is 0 Å². The fraction of sp³-hybridized carbons (Fsp3) is 0.333. The zero-order chi connectivity index (χ0) is 21.0. The minimum atomic E-state index is -0.913. The Morgan fingerprint density at radius 3 is 2.52 bits per heavy atom. The number of carbonyl (C=O) groups is 3. The third kappa shape index (κ3) is 4.71. The van der Waals surface area contributed by atoms with Crippen LogP contribution in [0.5, 0.6) is 0 Å². The van der Waals surface area contributed by atoms with Gasteiger partial charge in [0.2, 0.25) is 0 Å². The first-order valence-corrected chi connectivity index (χ1v) is 10.2. The number of carbonyl (C=O) groups excluding carboxylic acids is 3. The first-order chi connectivity index (χ1) is 13.9. The Labute approximate surface area is 173 Å². The fourth-order valence-electron chi connectivity index (χ4n) is 3.15. The van der Waals surface area contributed by atoms with Crippen LogP contribution in [-0.4, -0.2) is 31.1 Å². The number of methoxy groups -OCH3 is 1. The highest BCUT2D eigenvalue weighted by molar-refractivity contribution is 7.17. The van der Waals surface area contributed by atoms with Crippen LogP contribution in [0.15, 0.2) is 29.4 Å². The van der Waals surface area contributed by atoms with Crippen molar-refractivity contribution in [2.75, 3.05) is 12.4 Å². The quantitative estimate of drug-likeness (QED) is 0.340. The number of benzene rings is 1. The Hall–Kier alpha value is -3.00. The molecule has 3 rings (SSSR count). The van der Waals surface area contributed by atoms with Crippen LogP contribution >= 0.6 is 11.3 Å². The average molecular weight is 413 g/mol. The summed E-state index contributed by atoms with van der Waals surface area (Å²) in [4.78, 5) is 37.4. The number of nitrogens with one attached hydrogen (secondary N) is 2. The largest absolute Gasteiger partial charge is 0.465 e. The fourth-order valence-corrected chi connectivity index (χ4v) is 4.43. The second-order valence-electron chi connectivity index (χ2n) is 7.03. The van der Waals surface area contributed by atoms with Crippen LogP contribution in [0.25, 0.3) is 0 Å². The molecule has 0 saturated heterocycles. The summed E-state index contributed by atoms with van der Waals surface area (Å²) in [7, 11) is 1.29. The predicted octanol–water partition coefficient (Wildman–Crippen LogP) is 3.24. The molecule has 8 heteroatoms. The maximum atomic E-state index is 12.2. The maximum Gasteiger partial charge on any atom is 0.341 e. The number of aryl methyl sites for hydroxylation is 1. The van der Waals surface area contributed by atoms with Gasteiger partial charge < -0.3 is 10.1 Å². The molecule has 2 amide bonds. The minimum absolute atomic E-state index is 0.343. The topological polar surface area (TPSA) is 96.9 Å². The number of amides is 2. The molecular weight excluding hydrogens is 390 g/mol. The molecule has 1 heterocycles. The zero-order valence-corrected chi connectivity index (χ0v) is 17.4. The van der Waals surface area contributed by atoms with E-state index >= 15 is 0 Å². The molecule has 0 atom stereocenters. The summed E-state index contributed by atoms with van der Waals surface area (Å²) in [6.45, 7) is 4.21. The van der Waals surface area contributed by atoms with Crippen LogP contribution < -0.4 is 10.7 Å². The van der Waals surface area contributed by atoms with Crippen molar-refractivity contribution >= 4 is 40.3 Å². The van der Waals surface area contributed by atoms with Crippen molar-refractivity contribution < 1.29 is 19.1 Å². The van der Waals surface area contributed by atoms with Gasteiger partial charge >= 0.3 is 17.8 Å². The monoisotopic (exact) mass is 413 g/mol. The first kappa shape index (κ1) is 20.7. The van der Waals surface area contributed by atoms with Gasteiger partial charge in [0.05, 0.1) is 18.9 Å². The molecule has 1 aliphatic carbocycles. The summed E-state index contributed by atoms with van der Waals surface area (Å²) >= 11 is 1.31. The number of nitrogens with zero attached hydrogens (tertiary/aromatic N) is 1. The van der Waals surface area contributed by atoms with Gasteiger partial charge in [-0.25, -0.2) is 10.2 Å². The highest BCUT2D eigenvalue weighted by atomic mass is 32.1. The van der Waals surface area contributed by atoms with Crippen LogP contribution in [-0.2, 0) is 27.2 Å². The van der Waals surface area contributed by atoms with E-state index in [1.807, 2.05) is 24.3 Å². The van der Waals surface area contributed by atoms with Gasteiger partial charge in [-0.3, -0.25) is 9.59 Å². The van der Waals surface area contributed by atoms with E-state index in [0.29, 0.717) is 16.5 Å². The Balaban J connectivity index is 1.63. The molecule has 29 heavy (non-hydrogen) atoms. The van der Waals surface area contributed by atoms with Gasteiger partial charge in [0.15, 0.2) is 0 Å². The highest BCUT2D eigenvalue weighted by Gasteiger charge is 2.29. The van der Waals surface area contributed by atoms with E-state index in [0.717, 1.165) is 35.3 Å². The summed E-state index contributed by atoms with van der Waals surface area (Å²) in [5, 5.41) is 6.69. The lowest BCUT2D eigenvalue weighted by atomic mass is 10.0. The van der Waals surface area contributed by atoms with E-state index in [-0.39, 0.29) is 0 Å². The van der Waals surface area contributed by atoms with Gasteiger partial charge in [0, 0.05) is 4.88 Å². The van der Waals surface area contributed by atoms with Crippen LogP contribution in [0.1, 0.15) is 58.1 Å². The SMILES string of the molecule is COC(=O)c1c(NC(=O)C(=O)N/N=C/c2ccc(C(C)C)cc2)sc2c1CCC2. The summed E-state index contributed by atoms with van der Waals surface area (Å²) in [6.07, 6.45) is 4.05. The Bertz CT molecular complexity index is 961. The third-order valence-electron chi connectivity index (χ3n) is 4.73. The number of hydrogen-bond acceptors (Lipinski definition) is 6.